The normalized spacial score (nSPS) is 40.4. The van der Waals surface area contributed by atoms with Crippen molar-refractivity contribution in [3.63, 3.8) is 0 Å². The second kappa shape index (κ2) is 3.33. The van der Waals surface area contributed by atoms with Crippen molar-refractivity contribution >= 4 is 12.7 Å². The average Bonchev–Trinajstić information content (AvgIpc) is 2.77. The lowest BCUT2D eigenvalue weighted by Crippen LogP contribution is -2.65. The van der Waals surface area contributed by atoms with Gasteiger partial charge in [-0.15, -0.1) is 0 Å². The lowest BCUT2D eigenvalue weighted by atomic mass is 9.40. The smallest absolute Gasteiger partial charge is 0.398 e. The zero-order valence-corrected chi connectivity index (χ0v) is 13.1. The highest BCUT2D eigenvalue weighted by Gasteiger charge is 2.66. The van der Waals surface area contributed by atoms with Crippen molar-refractivity contribution in [2.75, 3.05) is 0 Å². The minimum absolute atomic E-state index is 0.300. The zero-order chi connectivity index (χ0) is 14.4. The SMILES string of the molecule is CC12CC(n3cnc(B4OC(C)(C)C(C)(C)O4)c3)(C1)C2. The number of hydrogen-bond acceptors (Lipinski definition) is 3. The predicted octanol–water partition coefficient (Wildman–Crippen LogP) is 2.08. The second-order valence-corrected chi connectivity index (χ2v) is 8.36. The van der Waals surface area contributed by atoms with Crippen LogP contribution in [0.4, 0.5) is 0 Å². The van der Waals surface area contributed by atoms with Gasteiger partial charge in [0, 0.05) is 11.7 Å². The van der Waals surface area contributed by atoms with E-state index in [4.69, 9.17) is 9.31 Å². The van der Waals surface area contributed by atoms with E-state index in [1.54, 1.807) is 0 Å². The summed E-state index contributed by atoms with van der Waals surface area (Å²) in [6, 6.07) is 0. The summed E-state index contributed by atoms with van der Waals surface area (Å²) >= 11 is 0. The van der Waals surface area contributed by atoms with Crippen LogP contribution in [-0.4, -0.2) is 27.9 Å². The molecule has 5 rings (SSSR count). The fourth-order valence-corrected chi connectivity index (χ4v) is 4.18. The molecule has 0 amide bonds. The highest BCUT2D eigenvalue weighted by Crippen LogP contribution is 2.71. The van der Waals surface area contributed by atoms with Gasteiger partial charge in [-0.05, 0) is 52.4 Å². The summed E-state index contributed by atoms with van der Waals surface area (Å²) in [5.74, 6) is 0. The van der Waals surface area contributed by atoms with Crippen LogP contribution in [0.2, 0.25) is 0 Å². The van der Waals surface area contributed by atoms with Gasteiger partial charge in [0.15, 0.2) is 0 Å². The molecule has 0 N–H and O–H groups in total. The number of nitrogens with zero attached hydrogens (tertiary/aromatic N) is 2. The topological polar surface area (TPSA) is 36.3 Å². The third-order valence-corrected chi connectivity index (χ3v) is 5.91. The van der Waals surface area contributed by atoms with E-state index < -0.39 is 0 Å². The van der Waals surface area contributed by atoms with E-state index in [0.29, 0.717) is 11.0 Å². The largest absolute Gasteiger partial charge is 0.516 e. The molecular weight excluding hydrogens is 251 g/mol. The van der Waals surface area contributed by atoms with Crippen molar-refractivity contribution in [1.29, 1.82) is 0 Å². The molecule has 0 spiro atoms. The van der Waals surface area contributed by atoms with Crippen molar-refractivity contribution in [2.24, 2.45) is 5.41 Å². The lowest BCUT2D eigenvalue weighted by Gasteiger charge is -2.69. The molecule has 1 aliphatic heterocycles. The molecule has 5 heteroatoms. The van der Waals surface area contributed by atoms with Gasteiger partial charge in [-0.2, -0.15) is 0 Å². The lowest BCUT2D eigenvalue weighted by molar-refractivity contribution is -0.173. The summed E-state index contributed by atoms with van der Waals surface area (Å²) in [7, 11) is -0.343. The third kappa shape index (κ3) is 1.48. The van der Waals surface area contributed by atoms with E-state index in [-0.39, 0.29) is 18.3 Å². The molecule has 0 unspecified atom stereocenters. The molecule has 4 nitrogen and oxygen atoms in total. The highest BCUT2D eigenvalue weighted by molar-refractivity contribution is 6.61. The van der Waals surface area contributed by atoms with Crippen LogP contribution < -0.4 is 5.59 Å². The van der Waals surface area contributed by atoms with Crippen LogP contribution in [0.15, 0.2) is 12.5 Å². The first-order chi connectivity index (χ1) is 9.15. The van der Waals surface area contributed by atoms with Gasteiger partial charge in [-0.25, -0.2) is 4.98 Å². The molecular formula is C15H23BN2O2. The maximum atomic E-state index is 6.06. The molecule has 1 aromatic rings. The van der Waals surface area contributed by atoms with E-state index in [2.05, 4.69) is 50.4 Å². The fraction of sp³-hybridized carbons (Fsp3) is 0.800. The molecule has 1 aromatic heterocycles. The van der Waals surface area contributed by atoms with Crippen LogP contribution in [0.1, 0.15) is 53.9 Å². The predicted molar refractivity (Wildman–Crippen MR) is 77.9 cm³/mol. The Labute approximate surface area is 121 Å². The van der Waals surface area contributed by atoms with Gasteiger partial charge in [0.25, 0.3) is 0 Å². The number of aromatic nitrogens is 2. The number of rotatable bonds is 2. The number of hydrogen-bond donors (Lipinski definition) is 0. The Morgan fingerprint density at radius 1 is 1.05 bits per heavy atom. The van der Waals surface area contributed by atoms with Crippen molar-refractivity contribution in [3.8, 4) is 0 Å². The van der Waals surface area contributed by atoms with Crippen LogP contribution in [0, 0.1) is 5.41 Å². The Hall–Kier alpha value is -0.805. The summed E-state index contributed by atoms with van der Waals surface area (Å²) < 4.78 is 14.4. The van der Waals surface area contributed by atoms with E-state index in [9.17, 15) is 0 Å². The Balaban J connectivity index is 1.55. The highest BCUT2D eigenvalue weighted by atomic mass is 16.7. The first-order valence-electron chi connectivity index (χ1n) is 7.55. The fourth-order valence-electron chi connectivity index (χ4n) is 4.18. The standard InChI is InChI=1S/C15H23BN2O2/c1-12(2)13(3,4)20-16(19-12)11-6-18(10-17-11)15-7-14(5,8-15)9-15/h6,10H,7-9H2,1-5H3. The summed E-state index contributed by atoms with van der Waals surface area (Å²) in [6.45, 7) is 10.7. The number of imidazole rings is 1. The van der Waals surface area contributed by atoms with E-state index in [0.717, 1.165) is 5.59 Å². The van der Waals surface area contributed by atoms with Gasteiger partial charge in [-0.1, -0.05) is 6.92 Å². The molecule has 4 fully saturated rings. The summed E-state index contributed by atoms with van der Waals surface area (Å²) in [5, 5.41) is 0. The van der Waals surface area contributed by atoms with E-state index in [1.807, 2.05) is 6.33 Å². The van der Waals surface area contributed by atoms with Crippen LogP contribution >= 0.6 is 0 Å². The van der Waals surface area contributed by atoms with Gasteiger partial charge in [0.05, 0.1) is 23.1 Å². The van der Waals surface area contributed by atoms with Crippen molar-refractivity contribution in [1.82, 2.24) is 9.55 Å². The zero-order valence-electron chi connectivity index (χ0n) is 13.1. The minimum atomic E-state index is -0.343. The molecule has 2 bridgehead atoms. The maximum Gasteiger partial charge on any atom is 0.516 e. The van der Waals surface area contributed by atoms with Crippen molar-refractivity contribution in [3.05, 3.63) is 12.5 Å². The average molecular weight is 274 g/mol. The minimum Gasteiger partial charge on any atom is -0.398 e. The second-order valence-electron chi connectivity index (χ2n) is 8.36. The van der Waals surface area contributed by atoms with Crippen LogP contribution in [0.3, 0.4) is 0 Å². The molecule has 2 heterocycles. The maximum absolute atomic E-state index is 6.06. The molecule has 3 saturated carbocycles. The first-order valence-corrected chi connectivity index (χ1v) is 7.55. The molecule has 1 saturated heterocycles. The molecule has 0 radical (unpaired) electrons. The van der Waals surface area contributed by atoms with Crippen LogP contribution in [0.5, 0.6) is 0 Å². The van der Waals surface area contributed by atoms with Crippen LogP contribution in [0.25, 0.3) is 0 Å². The third-order valence-electron chi connectivity index (χ3n) is 5.91. The molecule has 20 heavy (non-hydrogen) atoms. The Bertz CT molecular complexity index is 542. The van der Waals surface area contributed by atoms with Gasteiger partial charge in [0.2, 0.25) is 0 Å². The first kappa shape index (κ1) is 12.9. The van der Waals surface area contributed by atoms with Crippen LogP contribution in [-0.2, 0) is 14.8 Å². The van der Waals surface area contributed by atoms with Gasteiger partial charge in [-0.3, -0.25) is 0 Å². The molecule has 0 aromatic carbocycles. The summed E-state index contributed by atoms with van der Waals surface area (Å²) in [6.07, 6.45) is 7.96. The Kier molecular flexibility index (Phi) is 2.15. The van der Waals surface area contributed by atoms with E-state index in [1.165, 1.54) is 19.3 Å². The quantitative estimate of drug-likeness (QED) is 0.775. The summed E-state index contributed by atoms with van der Waals surface area (Å²) in [5.41, 5.74) is 1.26. The van der Waals surface area contributed by atoms with Crippen molar-refractivity contribution in [2.45, 2.75) is 70.6 Å². The van der Waals surface area contributed by atoms with Gasteiger partial charge >= 0.3 is 7.12 Å². The van der Waals surface area contributed by atoms with Gasteiger partial charge < -0.3 is 13.9 Å². The molecule has 0 atom stereocenters. The Morgan fingerprint density at radius 2 is 1.60 bits per heavy atom. The van der Waals surface area contributed by atoms with Crippen molar-refractivity contribution < 1.29 is 9.31 Å². The Morgan fingerprint density at radius 3 is 2.10 bits per heavy atom. The molecule has 3 aliphatic carbocycles. The monoisotopic (exact) mass is 274 g/mol. The summed E-state index contributed by atoms with van der Waals surface area (Å²) in [4.78, 5) is 4.54. The molecule has 108 valence electrons. The molecule has 4 aliphatic rings. The van der Waals surface area contributed by atoms with E-state index >= 15 is 0 Å². The van der Waals surface area contributed by atoms with Gasteiger partial charge in [0.1, 0.15) is 0 Å².